The fourth-order valence-corrected chi connectivity index (χ4v) is 5.84. The number of carbonyl (C=O) groups excluding carboxylic acids is 2. The van der Waals surface area contributed by atoms with Gasteiger partial charge in [-0.15, -0.1) is 10.2 Å². The summed E-state index contributed by atoms with van der Waals surface area (Å²) in [6.07, 6.45) is 3.71. The molecule has 2 amide bonds. The summed E-state index contributed by atoms with van der Waals surface area (Å²) in [7, 11) is 1.64. The zero-order chi connectivity index (χ0) is 29.3. The molecule has 0 spiro atoms. The SMILES string of the molecule is COc1ccc(-n2c(SCCCCC(=O)N3CCN(C(=O)COc4ccccc4)C(C)C3)nnc2-c2ccco2)cc1. The fourth-order valence-electron chi connectivity index (χ4n) is 4.89. The van der Waals surface area contributed by atoms with E-state index in [4.69, 9.17) is 13.9 Å². The Kier molecular flexibility index (Phi) is 9.81. The summed E-state index contributed by atoms with van der Waals surface area (Å²) in [6.45, 7) is 3.56. The molecule has 220 valence electrons. The molecule has 1 aliphatic rings. The van der Waals surface area contributed by atoms with E-state index >= 15 is 0 Å². The Bertz CT molecular complexity index is 1440. The lowest BCUT2D eigenvalue weighted by atomic mass is 10.1. The third-order valence-electron chi connectivity index (χ3n) is 7.13. The Labute approximate surface area is 249 Å². The van der Waals surface area contributed by atoms with E-state index in [0.29, 0.717) is 43.4 Å². The minimum Gasteiger partial charge on any atom is -0.497 e. The van der Waals surface area contributed by atoms with Gasteiger partial charge in [-0.3, -0.25) is 14.2 Å². The van der Waals surface area contributed by atoms with Crippen LogP contribution in [0.3, 0.4) is 0 Å². The zero-order valence-corrected chi connectivity index (χ0v) is 24.7. The molecule has 10 nitrogen and oxygen atoms in total. The molecule has 4 aromatic rings. The summed E-state index contributed by atoms with van der Waals surface area (Å²) in [5.74, 6) is 3.56. The number of para-hydroxylation sites is 1. The van der Waals surface area contributed by atoms with Crippen molar-refractivity contribution in [2.75, 3.05) is 39.1 Å². The van der Waals surface area contributed by atoms with E-state index < -0.39 is 0 Å². The van der Waals surface area contributed by atoms with E-state index in [-0.39, 0.29) is 24.5 Å². The van der Waals surface area contributed by atoms with E-state index in [9.17, 15) is 9.59 Å². The van der Waals surface area contributed by atoms with Crippen molar-refractivity contribution in [3.63, 3.8) is 0 Å². The Morgan fingerprint density at radius 3 is 2.48 bits per heavy atom. The Balaban J connectivity index is 1.08. The van der Waals surface area contributed by atoms with Crippen LogP contribution in [0.1, 0.15) is 26.2 Å². The third kappa shape index (κ3) is 7.14. The number of thioether (sulfide) groups is 1. The molecule has 1 saturated heterocycles. The lowest BCUT2D eigenvalue weighted by molar-refractivity contribution is -0.143. The Hall–Kier alpha value is -4.25. The topological polar surface area (TPSA) is 103 Å². The van der Waals surface area contributed by atoms with Gasteiger partial charge in [0.15, 0.2) is 17.5 Å². The molecular weight excluding hydrogens is 554 g/mol. The zero-order valence-electron chi connectivity index (χ0n) is 23.8. The van der Waals surface area contributed by atoms with Gasteiger partial charge in [0.2, 0.25) is 11.7 Å². The third-order valence-corrected chi connectivity index (χ3v) is 8.14. The molecule has 3 heterocycles. The number of carbonyl (C=O) groups is 2. The van der Waals surface area contributed by atoms with E-state index in [0.717, 1.165) is 35.2 Å². The fraction of sp³-hybridized carbons (Fsp3) is 0.355. The first-order valence-corrected chi connectivity index (χ1v) is 15.0. The van der Waals surface area contributed by atoms with Crippen molar-refractivity contribution in [1.82, 2.24) is 24.6 Å². The minimum atomic E-state index is -0.0619. The van der Waals surface area contributed by atoms with E-state index in [1.807, 2.05) is 83.1 Å². The number of aromatic nitrogens is 3. The van der Waals surface area contributed by atoms with Crippen LogP contribution in [0.25, 0.3) is 17.3 Å². The lowest BCUT2D eigenvalue weighted by Gasteiger charge is -2.40. The summed E-state index contributed by atoms with van der Waals surface area (Å²) < 4.78 is 18.5. The van der Waals surface area contributed by atoms with Gasteiger partial charge in [-0.2, -0.15) is 0 Å². The maximum absolute atomic E-state index is 12.9. The number of hydrogen-bond donors (Lipinski definition) is 0. The van der Waals surface area contributed by atoms with Gasteiger partial charge in [0.1, 0.15) is 11.5 Å². The van der Waals surface area contributed by atoms with Gasteiger partial charge >= 0.3 is 0 Å². The molecule has 42 heavy (non-hydrogen) atoms. The van der Waals surface area contributed by atoms with E-state index in [1.165, 1.54) is 0 Å². The molecule has 0 bridgehead atoms. The van der Waals surface area contributed by atoms with Crippen molar-refractivity contribution < 1.29 is 23.5 Å². The highest BCUT2D eigenvalue weighted by Gasteiger charge is 2.29. The quantitative estimate of drug-likeness (QED) is 0.169. The number of piperazine rings is 1. The van der Waals surface area contributed by atoms with E-state index in [1.54, 1.807) is 30.0 Å². The highest BCUT2D eigenvalue weighted by atomic mass is 32.2. The summed E-state index contributed by atoms with van der Waals surface area (Å²) >= 11 is 1.60. The first-order valence-electron chi connectivity index (χ1n) is 14.0. The number of hydrogen-bond acceptors (Lipinski definition) is 8. The number of furan rings is 1. The van der Waals surface area contributed by atoms with Crippen molar-refractivity contribution in [2.24, 2.45) is 0 Å². The summed E-state index contributed by atoms with van der Waals surface area (Å²) in [6, 6.07) is 20.7. The second kappa shape index (κ2) is 14.1. The van der Waals surface area contributed by atoms with Gasteiger partial charge in [0.25, 0.3) is 5.91 Å². The number of nitrogens with zero attached hydrogens (tertiary/aromatic N) is 5. The van der Waals surface area contributed by atoms with Crippen LogP contribution in [0.5, 0.6) is 11.5 Å². The predicted molar refractivity (Wildman–Crippen MR) is 160 cm³/mol. The molecule has 5 rings (SSSR count). The van der Waals surface area contributed by atoms with E-state index in [2.05, 4.69) is 10.2 Å². The van der Waals surface area contributed by atoms with Crippen LogP contribution in [-0.4, -0.2) is 81.5 Å². The first-order chi connectivity index (χ1) is 20.5. The summed E-state index contributed by atoms with van der Waals surface area (Å²) in [5, 5.41) is 9.57. The van der Waals surface area contributed by atoms with Crippen LogP contribution < -0.4 is 9.47 Å². The molecule has 11 heteroatoms. The van der Waals surface area contributed by atoms with Crippen LogP contribution >= 0.6 is 11.8 Å². The molecule has 1 aliphatic heterocycles. The standard InChI is InChI=1S/C31H35N5O5S/c1-23-21-34(17-18-35(23)29(38)22-41-26-9-4-3-5-10-26)28(37)12-6-7-20-42-31-33-32-30(27-11-8-19-40-27)36(31)24-13-15-25(39-2)16-14-24/h3-5,8-11,13-16,19,23H,6-7,12,17-18,20-22H2,1-2H3. The van der Waals surface area contributed by atoms with Gasteiger partial charge < -0.3 is 23.7 Å². The molecular formula is C31H35N5O5S. The second-order valence-corrected chi connectivity index (χ2v) is 11.1. The van der Waals surface area contributed by atoms with Gasteiger partial charge in [0, 0.05) is 37.8 Å². The summed E-state index contributed by atoms with van der Waals surface area (Å²) in [5.41, 5.74) is 0.906. The minimum absolute atomic E-state index is 0.00476. The van der Waals surface area contributed by atoms with Gasteiger partial charge in [-0.05, 0) is 68.3 Å². The summed E-state index contributed by atoms with van der Waals surface area (Å²) in [4.78, 5) is 29.3. The number of unbranched alkanes of at least 4 members (excludes halogenated alkanes) is 1. The van der Waals surface area contributed by atoms with Gasteiger partial charge in [-0.25, -0.2) is 0 Å². The highest BCUT2D eigenvalue weighted by molar-refractivity contribution is 7.99. The molecule has 0 saturated carbocycles. The van der Waals surface area contributed by atoms with Crippen molar-refractivity contribution >= 4 is 23.6 Å². The van der Waals surface area contributed by atoms with Crippen molar-refractivity contribution in [3.05, 3.63) is 73.0 Å². The van der Waals surface area contributed by atoms with Gasteiger partial charge in [0.05, 0.1) is 19.1 Å². The number of methoxy groups -OCH3 is 1. The molecule has 1 unspecified atom stereocenters. The molecule has 2 aromatic heterocycles. The Morgan fingerprint density at radius 2 is 1.76 bits per heavy atom. The molecule has 2 aromatic carbocycles. The molecule has 0 aliphatic carbocycles. The lowest BCUT2D eigenvalue weighted by Crippen LogP contribution is -2.56. The number of amides is 2. The smallest absolute Gasteiger partial charge is 0.260 e. The van der Waals surface area contributed by atoms with Gasteiger partial charge in [-0.1, -0.05) is 30.0 Å². The monoisotopic (exact) mass is 589 g/mol. The highest BCUT2D eigenvalue weighted by Crippen LogP contribution is 2.29. The molecule has 0 radical (unpaired) electrons. The van der Waals surface area contributed by atoms with Crippen LogP contribution in [0, 0.1) is 0 Å². The van der Waals surface area contributed by atoms with Crippen molar-refractivity contribution in [1.29, 1.82) is 0 Å². The first kappa shape index (κ1) is 29.2. The molecule has 1 atom stereocenters. The van der Waals surface area contributed by atoms with Crippen molar-refractivity contribution in [3.8, 4) is 28.8 Å². The average molecular weight is 590 g/mol. The molecule has 1 fully saturated rings. The Morgan fingerprint density at radius 1 is 0.952 bits per heavy atom. The van der Waals surface area contributed by atoms with Crippen molar-refractivity contribution in [2.45, 2.75) is 37.4 Å². The number of ether oxygens (including phenoxy) is 2. The normalized spacial score (nSPS) is 15.0. The number of rotatable bonds is 12. The average Bonchev–Trinajstić information content (AvgIpc) is 3.70. The van der Waals surface area contributed by atoms with Crippen LogP contribution in [-0.2, 0) is 9.59 Å². The molecule has 0 N–H and O–H groups in total. The van der Waals surface area contributed by atoms with Crippen LogP contribution in [0.2, 0.25) is 0 Å². The predicted octanol–water partition coefficient (Wildman–Crippen LogP) is 4.94. The second-order valence-electron chi connectivity index (χ2n) is 10.0. The largest absolute Gasteiger partial charge is 0.497 e. The van der Waals surface area contributed by atoms with Crippen LogP contribution in [0.4, 0.5) is 0 Å². The van der Waals surface area contributed by atoms with Crippen LogP contribution in [0.15, 0.2) is 82.6 Å². The maximum atomic E-state index is 12.9. The number of benzene rings is 2. The maximum Gasteiger partial charge on any atom is 0.260 e.